The van der Waals surface area contributed by atoms with Crippen LogP contribution in [0.1, 0.15) is 39.8 Å². The number of aryl methyl sites for hydroxylation is 1. The topological polar surface area (TPSA) is 95.6 Å². The molecule has 0 aliphatic rings. The number of benzene rings is 2. The molecule has 6 nitrogen and oxygen atoms in total. The lowest BCUT2D eigenvalue weighted by Crippen LogP contribution is -2.12. The normalized spacial score (nSPS) is 13.0. The van der Waals surface area contributed by atoms with Crippen molar-refractivity contribution >= 4 is 17.0 Å². The van der Waals surface area contributed by atoms with E-state index < -0.39 is 29.8 Å². The number of nitrogens with zero attached hydrogens (tertiary/aromatic N) is 2. The molecule has 0 fully saturated rings. The predicted octanol–water partition coefficient (Wildman–Crippen LogP) is 3.66. The van der Waals surface area contributed by atoms with Crippen molar-refractivity contribution in [2.24, 2.45) is 7.05 Å². The molecule has 0 aliphatic carbocycles. The zero-order chi connectivity index (χ0) is 20.6. The van der Waals surface area contributed by atoms with Crippen molar-refractivity contribution in [1.29, 1.82) is 0 Å². The smallest absolute Gasteiger partial charge is 0.449 e. The second-order valence-corrected chi connectivity index (χ2v) is 6.38. The Morgan fingerprint density at radius 3 is 2.46 bits per heavy atom. The molecule has 1 heterocycles. The Labute approximate surface area is 157 Å². The van der Waals surface area contributed by atoms with Crippen LogP contribution in [0.15, 0.2) is 36.4 Å². The maximum atomic E-state index is 13.1. The summed E-state index contributed by atoms with van der Waals surface area (Å²) < 4.78 is 40.0. The van der Waals surface area contributed by atoms with Gasteiger partial charge in [-0.3, -0.25) is 0 Å². The number of alkyl halides is 3. The lowest BCUT2D eigenvalue weighted by Gasteiger charge is -2.14. The van der Waals surface area contributed by atoms with Gasteiger partial charge in [-0.2, -0.15) is 13.2 Å². The molecule has 0 amide bonds. The van der Waals surface area contributed by atoms with Crippen LogP contribution in [0.25, 0.3) is 11.0 Å². The molecule has 0 bridgehead atoms. The first kappa shape index (κ1) is 19.7. The first-order valence-electron chi connectivity index (χ1n) is 8.36. The van der Waals surface area contributed by atoms with Crippen molar-refractivity contribution in [1.82, 2.24) is 9.55 Å². The number of hydrogen-bond donors (Lipinski definition) is 3. The van der Waals surface area contributed by atoms with Gasteiger partial charge in [0.25, 0.3) is 0 Å². The van der Waals surface area contributed by atoms with Gasteiger partial charge in [-0.15, -0.1) is 0 Å². The van der Waals surface area contributed by atoms with E-state index in [0.717, 1.165) is 13.1 Å². The van der Waals surface area contributed by atoms with Gasteiger partial charge in [-0.05, 0) is 24.5 Å². The van der Waals surface area contributed by atoms with E-state index >= 15 is 0 Å². The second-order valence-electron chi connectivity index (χ2n) is 6.38. The lowest BCUT2D eigenvalue weighted by molar-refractivity contribution is -0.146. The standard InChI is InChI=1S/C19H17F3N2O4/c1-24-13-9-12(17(27)28)11(7-8-14(25)10-5-3-2-4-6-10)16(26)15(13)23-18(24)19(20,21)22/h2-6,9,14,25-26H,7-8H2,1H3,(H,27,28). The predicted molar refractivity (Wildman–Crippen MR) is 94.1 cm³/mol. The molecule has 1 atom stereocenters. The fraction of sp³-hybridized carbons (Fsp3) is 0.263. The fourth-order valence-corrected chi connectivity index (χ4v) is 3.17. The molecule has 1 unspecified atom stereocenters. The number of imidazole rings is 1. The van der Waals surface area contributed by atoms with E-state index in [1.54, 1.807) is 30.3 Å². The summed E-state index contributed by atoms with van der Waals surface area (Å²) in [5.41, 5.74) is -0.264. The van der Waals surface area contributed by atoms with Gasteiger partial charge >= 0.3 is 12.1 Å². The number of rotatable bonds is 5. The molecule has 148 valence electrons. The number of halogens is 3. The lowest BCUT2D eigenvalue weighted by atomic mass is 9.96. The second kappa shape index (κ2) is 7.16. The van der Waals surface area contributed by atoms with E-state index in [4.69, 9.17) is 0 Å². The molecule has 0 aliphatic heterocycles. The third-order valence-electron chi connectivity index (χ3n) is 4.59. The molecular weight excluding hydrogens is 377 g/mol. The van der Waals surface area contributed by atoms with Gasteiger partial charge in [0.05, 0.1) is 17.2 Å². The quantitative estimate of drug-likeness (QED) is 0.614. The summed E-state index contributed by atoms with van der Waals surface area (Å²) in [7, 11) is 1.10. The first-order valence-corrected chi connectivity index (χ1v) is 8.36. The highest BCUT2D eigenvalue weighted by molar-refractivity contribution is 5.97. The summed E-state index contributed by atoms with van der Waals surface area (Å²) >= 11 is 0. The number of carbonyl (C=O) groups is 1. The summed E-state index contributed by atoms with van der Waals surface area (Å²) in [6.07, 6.45) is -5.67. The summed E-state index contributed by atoms with van der Waals surface area (Å²) in [5.74, 6) is -3.26. The highest BCUT2D eigenvalue weighted by Crippen LogP contribution is 2.37. The average Bonchev–Trinajstić information content (AvgIpc) is 2.98. The zero-order valence-corrected chi connectivity index (χ0v) is 14.7. The van der Waals surface area contributed by atoms with Crippen LogP contribution >= 0.6 is 0 Å². The third kappa shape index (κ3) is 3.53. The van der Waals surface area contributed by atoms with Crippen LogP contribution in [0.2, 0.25) is 0 Å². The summed E-state index contributed by atoms with van der Waals surface area (Å²) in [5, 5.41) is 30.2. The van der Waals surface area contributed by atoms with Crippen molar-refractivity contribution in [2.75, 3.05) is 0 Å². The highest BCUT2D eigenvalue weighted by atomic mass is 19.4. The summed E-state index contributed by atoms with van der Waals surface area (Å²) in [4.78, 5) is 15.1. The first-order chi connectivity index (χ1) is 13.1. The monoisotopic (exact) mass is 394 g/mol. The number of phenols is 1. The molecule has 0 saturated carbocycles. The Balaban J connectivity index is 2.05. The molecule has 1 aromatic heterocycles. The molecule has 2 aromatic carbocycles. The Morgan fingerprint density at radius 2 is 1.89 bits per heavy atom. The highest BCUT2D eigenvalue weighted by Gasteiger charge is 2.37. The Kier molecular flexibility index (Phi) is 5.03. The van der Waals surface area contributed by atoms with Gasteiger partial charge in [0.1, 0.15) is 11.3 Å². The number of aliphatic hydroxyl groups excluding tert-OH is 1. The van der Waals surface area contributed by atoms with Gasteiger partial charge in [0.15, 0.2) is 0 Å². The number of aliphatic hydroxyl groups is 1. The molecule has 0 radical (unpaired) electrons. The number of carboxylic acids is 1. The number of carboxylic acid groups (broad SMARTS) is 1. The summed E-state index contributed by atoms with van der Waals surface area (Å²) in [6, 6.07) is 9.69. The number of hydrogen-bond acceptors (Lipinski definition) is 4. The van der Waals surface area contributed by atoms with Crippen LogP contribution in [-0.2, 0) is 19.6 Å². The van der Waals surface area contributed by atoms with Crippen LogP contribution in [0.3, 0.4) is 0 Å². The fourth-order valence-electron chi connectivity index (χ4n) is 3.17. The van der Waals surface area contributed by atoms with E-state index in [9.17, 15) is 33.3 Å². The molecule has 0 saturated heterocycles. The van der Waals surface area contributed by atoms with E-state index in [1.807, 2.05) is 0 Å². The van der Waals surface area contributed by atoms with Crippen LogP contribution < -0.4 is 0 Å². The Morgan fingerprint density at radius 1 is 1.25 bits per heavy atom. The zero-order valence-electron chi connectivity index (χ0n) is 14.7. The molecule has 0 spiro atoms. The molecular formula is C19H17F3N2O4. The minimum Gasteiger partial charge on any atom is -0.505 e. The van der Waals surface area contributed by atoms with Gasteiger partial charge in [-0.25, -0.2) is 9.78 Å². The van der Waals surface area contributed by atoms with Crippen molar-refractivity contribution in [3.63, 3.8) is 0 Å². The SMILES string of the molecule is Cn1c(C(F)(F)F)nc2c(O)c(CCC(O)c3ccccc3)c(C(=O)O)cc21. The largest absolute Gasteiger partial charge is 0.505 e. The van der Waals surface area contributed by atoms with Crippen LogP contribution in [0.5, 0.6) is 5.75 Å². The van der Waals surface area contributed by atoms with Crippen LogP contribution in [-0.4, -0.2) is 30.8 Å². The van der Waals surface area contributed by atoms with Crippen molar-refractivity contribution < 1.29 is 33.3 Å². The molecule has 3 rings (SSSR count). The minimum absolute atomic E-state index is 0.0581. The van der Waals surface area contributed by atoms with Crippen LogP contribution in [0.4, 0.5) is 13.2 Å². The van der Waals surface area contributed by atoms with Crippen molar-refractivity contribution in [3.8, 4) is 5.75 Å². The van der Waals surface area contributed by atoms with E-state index in [-0.39, 0.29) is 35.0 Å². The van der Waals surface area contributed by atoms with Gasteiger partial charge < -0.3 is 19.9 Å². The maximum absolute atomic E-state index is 13.1. The number of fused-ring (bicyclic) bond motifs is 1. The third-order valence-corrected chi connectivity index (χ3v) is 4.59. The van der Waals surface area contributed by atoms with Crippen molar-refractivity contribution in [3.05, 3.63) is 58.9 Å². The number of aromatic hydroxyl groups is 1. The van der Waals surface area contributed by atoms with E-state index in [0.29, 0.717) is 10.1 Å². The van der Waals surface area contributed by atoms with Crippen LogP contribution in [0, 0.1) is 0 Å². The van der Waals surface area contributed by atoms with E-state index in [1.165, 1.54) is 0 Å². The maximum Gasteiger partial charge on any atom is 0.449 e. The Hall–Kier alpha value is -3.07. The Bertz CT molecular complexity index is 1030. The number of phenolic OH excluding ortho intramolecular Hbond substituents is 1. The number of aromatic carboxylic acids is 1. The van der Waals surface area contributed by atoms with Gasteiger partial charge in [-0.1, -0.05) is 30.3 Å². The molecule has 3 N–H and O–H groups in total. The average molecular weight is 394 g/mol. The molecule has 28 heavy (non-hydrogen) atoms. The van der Waals surface area contributed by atoms with Crippen molar-refractivity contribution in [2.45, 2.75) is 25.1 Å². The van der Waals surface area contributed by atoms with E-state index in [2.05, 4.69) is 4.98 Å². The number of aromatic nitrogens is 2. The summed E-state index contributed by atoms with van der Waals surface area (Å²) in [6.45, 7) is 0. The molecule has 3 aromatic rings. The van der Waals surface area contributed by atoms with Gasteiger partial charge in [0.2, 0.25) is 5.82 Å². The minimum atomic E-state index is -4.76. The molecule has 9 heteroatoms. The van der Waals surface area contributed by atoms with Gasteiger partial charge in [0, 0.05) is 12.6 Å².